The molecular formula is C9H9F2IN2O2. The second-order valence-electron chi connectivity index (χ2n) is 2.95. The van der Waals surface area contributed by atoms with E-state index in [4.69, 9.17) is 5.73 Å². The highest BCUT2D eigenvalue weighted by molar-refractivity contribution is 14.1. The van der Waals surface area contributed by atoms with Crippen molar-refractivity contribution in [2.75, 3.05) is 12.8 Å². The van der Waals surface area contributed by atoms with Gasteiger partial charge in [-0.2, -0.15) is 0 Å². The van der Waals surface area contributed by atoms with Crippen LogP contribution in [0.1, 0.15) is 17.7 Å². The van der Waals surface area contributed by atoms with Gasteiger partial charge in [0.1, 0.15) is 11.5 Å². The number of nitrogen functional groups attached to an aromatic ring is 1. The number of methoxy groups -OCH3 is 1. The zero-order valence-electron chi connectivity index (χ0n) is 8.34. The van der Waals surface area contributed by atoms with Crippen molar-refractivity contribution in [3.63, 3.8) is 0 Å². The number of anilines is 1. The van der Waals surface area contributed by atoms with Crippen molar-refractivity contribution in [3.05, 3.63) is 20.9 Å². The summed E-state index contributed by atoms with van der Waals surface area (Å²) in [5, 5.41) is 0. The Morgan fingerprint density at radius 3 is 2.75 bits per heavy atom. The van der Waals surface area contributed by atoms with E-state index in [1.165, 1.54) is 13.2 Å². The smallest absolute Gasteiger partial charge is 0.310 e. The van der Waals surface area contributed by atoms with Crippen LogP contribution in [0.3, 0.4) is 0 Å². The Balaban J connectivity index is 3.07. The highest BCUT2D eigenvalue weighted by atomic mass is 127. The van der Waals surface area contributed by atoms with E-state index in [9.17, 15) is 13.6 Å². The zero-order chi connectivity index (χ0) is 12.3. The van der Waals surface area contributed by atoms with E-state index in [1.54, 1.807) is 0 Å². The minimum absolute atomic E-state index is 0.0624. The molecule has 0 aromatic carbocycles. The fourth-order valence-electron chi connectivity index (χ4n) is 1.08. The number of hydrogen-bond acceptors (Lipinski definition) is 4. The number of rotatable bonds is 3. The van der Waals surface area contributed by atoms with Gasteiger partial charge in [0.2, 0.25) is 0 Å². The van der Waals surface area contributed by atoms with Gasteiger partial charge >= 0.3 is 5.97 Å². The molecule has 0 atom stereocenters. The molecule has 1 aromatic rings. The van der Waals surface area contributed by atoms with E-state index in [2.05, 4.69) is 9.72 Å². The molecule has 0 amide bonds. The summed E-state index contributed by atoms with van der Waals surface area (Å²) in [6.45, 7) is 0. The Hall–Kier alpha value is -0.990. The molecule has 0 spiro atoms. The first-order valence-corrected chi connectivity index (χ1v) is 5.33. The second kappa shape index (κ2) is 5.37. The second-order valence-corrected chi connectivity index (χ2v) is 4.11. The Morgan fingerprint density at radius 1 is 1.69 bits per heavy atom. The molecule has 0 unspecified atom stereocenters. The molecule has 4 nitrogen and oxygen atoms in total. The van der Waals surface area contributed by atoms with Crippen LogP contribution in [-0.4, -0.2) is 18.1 Å². The number of aromatic nitrogens is 1. The SMILES string of the molecule is COC(=O)Cc1c(I)cc(C(F)F)nc1N. The number of nitrogens with zero attached hydrogens (tertiary/aromatic N) is 1. The Bertz CT molecular complexity index is 389. The Labute approximate surface area is 104 Å². The van der Waals surface area contributed by atoms with Crippen LogP contribution in [-0.2, 0) is 16.0 Å². The van der Waals surface area contributed by atoms with Gasteiger partial charge in [-0.05, 0) is 28.7 Å². The maximum absolute atomic E-state index is 12.4. The lowest BCUT2D eigenvalue weighted by atomic mass is 10.1. The molecule has 0 aliphatic carbocycles. The number of pyridine rings is 1. The van der Waals surface area contributed by atoms with Gasteiger partial charge < -0.3 is 10.5 Å². The fourth-order valence-corrected chi connectivity index (χ4v) is 1.87. The Kier molecular flexibility index (Phi) is 4.39. The van der Waals surface area contributed by atoms with E-state index < -0.39 is 18.1 Å². The largest absolute Gasteiger partial charge is 0.469 e. The molecule has 0 aliphatic rings. The zero-order valence-corrected chi connectivity index (χ0v) is 10.5. The maximum Gasteiger partial charge on any atom is 0.310 e. The summed E-state index contributed by atoms with van der Waals surface area (Å²) in [4.78, 5) is 14.6. The summed E-state index contributed by atoms with van der Waals surface area (Å²) in [5.41, 5.74) is 5.53. The van der Waals surface area contributed by atoms with Crippen LogP contribution in [0.25, 0.3) is 0 Å². The number of alkyl halides is 2. The van der Waals surface area contributed by atoms with Crippen LogP contribution in [0.4, 0.5) is 14.6 Å². The van der Waals surface area contributed by atoms with Crippen molar-refractivity contribution in [2.24, 2.45) is 0 Å². The monoisotopic (exact) mass is 342 g/mol. The summed E-state index contributed by atoms with van der Waals surface area (Å²) in [7, 11) is 1.24. The number of hydrogen-bond donors (Lipinski definition) is 1. The van der Waals surface area contributed by atoms with E-state index in [0.717, 1.165) is 0 Å². The lowest BCUT2D eigenvalue weighted by molar-refractivity contribution is -0.139. The third-order valence-corrected chi connectivity index (χ3v) is 2.86. The van der Waals surface area contributed by atoms with Crippen LogP contribution >= 0.6 is 22.6 Å². The van der Waals surface area contributed by atoms with E-state index in [0.29, 0.717) is 9.13 Å². The normalized spacial score (nSPS) is 10.6. The maximum atomic E-state index is 12.4. The van der Waals surface area contributed by atoms with Gasteiger partial charge in [0, 0.05) is 9.13 Å². The molecule has 0 radical (unpaired) electrons. The Morgan fingerprint density at radius 2 is 2.31 bits per heavy atom. The van der Waals surface area contributed by atoms with Crippen LogP contribution in [0.2, 0.25) is 0 Å². The van der Waals surface area contributed by atoms with Crippen LogP contribution in [0, 0.1) is 3.57 Å². The molecule has 0 saturated carbocycles. The highest BCUT2D eigenvalue weighted by Crippen LogP contribution is 2.25. The van der Waals surface area contributed by atoms with Gasteiger partial charge in [-0.25, -0.2) is 13.8 Å². The standard InChI is InChI=1S/C9H9F2IN2O2/c1-16-7(15)2-4-5(12)3-6(8(10)11)14-9(4)13/h3,8H,2H2,1H3,(H2,13,14). The topological polar surface area (TPSA) is 65.2 Å². The van der Waals surface area contributed by atoms with Crippen LogP contribution in [0.15, 0.2) is 6.07 Å². The number of nitrogens with two attached hydrogens (primary N) is 1. The first-order valence-electron chi connectivity index (χ1n) is 4.25. The van der Waals surface area contributed by atoms with Crippen molar-refractivity contribution in [1.82, 2.24) is 4.98 Å². The summed E-state index contributed by atoms with van der Waals surface area (Å²) < 4.78 is 29.7. The molecular weight excluding hydrogens is 333 g/mol. The van der Waals surface area contributed by atoms with Crippen molar-refractivity contribution < 1.29 is 18.3 Å². The minimum atomic E-state index is -2.68. The average Bonchev–Trinajstić information content (AvgIpc) is 2.22. The van der Waals surface area contributed by atoms with Crippen LogP contribution in [0.5, 0.6) is 0 Å². The first-order chi connectivity index (χ1) is 7.45. The number of esters is 1. The van der Waals surface area contributed by atoms with Crippen molar-refractivity contribution in [1.29, 1.82) is 0 Å². The van der Waals surface area contributed by atoms with Crippen molar-refractivity contribution in [3.8, 4) is 0 Å². The lowest BCUT2D eigenvalue weighted by Gasteiger charge is -2.09. The molecule has 1 aromatic heterocycles. The van der Waals surface area contributed by atoms with Crippen molar-refractivity contribution >= 4 is 34.4 Å². The third-order valence-electron chi connectivity index (χ3n) is 1.89. The highest BCUT2D eigenvalue weighted by Gasteiger charge is 2.17. The van der Waals surface area contributed by atoms with E-state index in [1.807, 2.05) is 22.6 Å². The molecule has 2 N–H and O–H groups in total. The fraction of sp³-hybridized carbons (Fsp3) is 0.333. The lowest BCUT2D eigenvalue weighted by Crippen LogP contribution is -2.11. The molecule has 1 rings (SSSR count). The predicted molar refractivity (Wildman–Crippen MR) is 62.0 cm³/mol. The van der Waals surface area contributed by atoms with Gasteiger partial charge in [-0.1, -0.05) is 0 Å². The molecule has 0 saturated heterocycles. The molecule has 16 heavy (non-hydrogen) atoms. The molecule has 0 fully saturated rings. The molecule has 1 heterocycles. The number of carbonyl (C=O) groups excluding carboxylic acids is 1. The summed E-state index contributed by atoms with van der Waals surface area (Å²) >= 11 is 1.83. The predicted octanol–water partition coefficient (Wildman–Crippen LogP) is 1.92. The third kappa shape index (κ3) is 3.00. The van der Waals surface area contributed by atoms with Gasteiger partial charge in [-0.15, -0.1) is 0 Å². The molecule has 0 aliphatic heterocycles. The average molecular weight is 342 g/mol. The molecule has 0 bridgehead atoms. The van der Waals surface area contributed by atoms with Gasteiger partial charge in [0.05, 0.1) is 13.5 Å². The van der Waals surface area contributed by atoms with E-state index >= 15 is 0 Å². The summed E-state index contributed by atoms with van der Waals surface area (Å²) in [5.74, 6) is -0.552. The van der Waals surface area contributed by atoms with Gasteiger partial charge in [0.15, 0.2) is 0 Å². The first kappa shape index (κ1) is 13.1. The van der Waals surface area contributed by atoms with Gasteiger partial charge in [0.25, 0.3) is 6.43 Å². The number of halogens is 3. The summed E-state index contributed by atoms with van der Waals surface area (Å²) in [6, 6.07) is 1.21. The van der Waals surface area contributed by atoms with Crippen molar-refractivity contribution in [2.45, 2.75) is 12.8 Å². The van der Waals surface area contributed by atoms with Gasteiger partial charge in [-0.3, -0.25) is 4.79 Å². The molecule has 88 valence electrons. The van der Waals surface area contributed by atoms with E-state index in [-0.39, 0.29) is 12.2 Å². The summed E-state index contributed by atoms with van der Waals surface area (Å²) in [6.07, 6.45) is -2.75. The number of carbonyl (C=O) groups is 1. The number of ether oxygens (including phenoxy) is 1. The molecule has 7 heteroatoms. The van der Waals surface area contributed by atoms with Crippen LogP contribution < -0.4 is 5.73 Å². The minimum Gasteiger partial charge on any atom is -0.469 e. The quantitative estimate of drug-likeness (QED) is 0.673.